The van der Waals surface area contributed by atoms with Gasteiger partial charge in [0.25, 0.3) is 0 Å². The Morgan fingerprint density at radius 1 is 0.671 bits per heavy atom. The first kappa shape index (κ1) is 53.4. The first-order chi connectivity index (χ1) is 33.5. The van der Waals surface area contributed by atoms with Gasteiger partial charge in [0.1, 0.15) is 5.75 Å². The topological polar surface area (TPSA) is 175 Å². The molecule has 2 unspecified atom stereocenters. The number of fused-ring (bicyclic) bond motifs is 2. The number of nitrogens with zero attached hydrogens (tertiary/aromatic N) is 1. The van der Waals surface area contributed by atoms with Gasteiger partial charge in [-0.05, 0) is 121 Å². The van der Waals surface area contributed by atoms with Crippen molar-refractivity contribution in [3.63, 3.8) is 0 Å². The fourth-order valence-corrected chi connectivity index (χ4v) is 11.3. The summed E-state index contributed by atoms with van der Waals surface area (Å²) in [4.78, 5) is 27.5. The highest BCUT2D eigenvalue weighted by Gasteiger charge is 2.23. The monoisotopic (exact) mass is 1030 g/mol. The highest BCUT2D eigenvalue weighted by molar-refractivity contribution is 7.91. The summed E-state index contributed by atoms with van der Waals surface area (Å²) in [5.41, 5.74) is 8.89. The molecule has 0 fully saturated rings. The van der Waals surface area contributed by atoms with Gasteiger partial charge in [-0.3, -0.25) is 4.90 Å². The molecule has 4 amide bonds. The minimum atomic E-state index is -3.63. The van der Waals surface area contributed by atoms with Crippen LogP contribution in [0.4, 0.5) is 21.0 Å². The molecule has 2 atom stereocenters. The van der Waals surface area contributed by atoms with E-state index in [-0.39, 0.29) is 39.1 Å². The summed E-state index contributed by atoms with van der Waals surface area (Å²) in [5, 5.41) is 15.2. The lowest BCUT2D eigenvalue weighted by Gasteiger charge is -2.18. The summed E-state index contributed by atoms with van der Waals surface area (Å²) in [6, 6.07) is 35.8. The van der Waals surface area contributed by atoms with Gasteiger partial charge in [0.15, 0.2) is 19.7 Å². The smallest absolute Gasteiger partial charge is 0.319 e. The summed E-state index contributed by atoms with van der Waals surface area (Å²) >= 11 is 12.3. The van der Waals surface area contributed by atoms with Gasteiger partial charge in [-0.2, -0.15) is 0 Å². The highest BCUT2D eigenvalue weighted by Crippen LogP contribution is 2.32. The van der Waals surface area contributed by atoms with Crippen molar-refractivity contribution in [3.8, 4) is 5.75 Å². The maximum Gasteiger partial charge on any atom is 0.319 e. The number of ether oxygens (including phenoxy) is 1. The number of carbonyl (C=O) groups is 2. The van der Waals surface area contributed by atoms with Gasteiger partial charge >= 0.3 is 12.1 Å². The Morgan fingerprint density at radius 2 is 1.27 bits per heavy atom. The Kier molecular flexibility index (Phi) is 18.5. The molecule has 2 heterocycles. The van der Waals surface area contributed by atoms with Crippen molar-refractivity contribution in [1.82, 2.24) is 20.9 Å². The number of rotatable bonds is 13. The molecular formula is C53H60Cl2N6O7S2. The molecule has 5 N–H and O–H groups in total. The summed E-state index contributed by atoms with van der Waals surface area (Å²) in [6.07, 6.45) is 0.877. The third kappa shape index (κ3) is 14.1. The van der Waals surface area contributed by atoms with Crippen LogP contribution in [0.1, 0.15) is 84.3 Å². The van der Waals surface area contributed by atoms with Crippen LogP contribution < -0.4 is 31.3 Å². The van der Waals surface area contributed by atoms with Crippen molar-refractivity contribution in [2.24, 2.45) is 0 Å². The van der Waals surface area contributed by atoms with Crippen molar-refractivity contribution in [2.45, 2.75) is 87.1 Å². The van der Waals surface area contributed by atoms with E-state index in [2.05, 4.69) is 38.5 Å². The normalized spacial score (nSPS) is 13.9. The first-order valence-corrected chi connectivity index (χ1v) is 27.0. The number of methoxy groups -OCH3 is 1. The molecule has 13 nitrogen and oxygen atoms in total. The number of hydrogen-bond acceptors (Lipinski definition) is 9. The molecule has 370 valence electrons. The van der Waals surface area contributed by atoms with Crippen molar-refractivity contribution in [2.75, 3.05) is 31.3 Å². The molecule has 6 aromatic carbocycles. The number of urea groups is 2. The molecule has 0 saturated heterocycles. The first-order valence-electron chi connectivity index (χ1n) is 23.0. The summed E-state index contributed by atoms with van der Waals surface area (Å²) in [7, 11) is -3.65. The third-order valence-corrected chi connectivity index (χ3v) is 15.9. The van der Waals surface area contributed by atoms with E-state index in [1.54, 1.807) is 37.3 Å². The van der Waals surface area contributed by atoms with E-state index in [9.17, 15) is 26.4 Å². The van der Waals surface area contributed by atoms with E-state index in [1.165, 1.54) is 59.7 Å². The zero-order valence-corrected chi connectivity index (χ0v) is 43.3. The summed E-state index contributed by atoms with van der Waals surface area (Å²) in [5.74, 6) is 0.0598. The van der Waals surface area contributed by atoms with Crippen LogP contribution >= 0.6 is 23.2 Å². The Morgan fingerprint density at radius 3 is 1.96 bits per heavy atom. The average molecular weight is 1030 g/mol. The van der Waals surface area contributed by atoms with Crippen LogP contribution in [0.25, 0.3) is 0 Å². The van der Waals surface area contributed by atoms with E-state index in [0.29, 0.717) is 27.0 Å². The van der Waals surface area contributed by atoms with E-state index < -0.39 is 31.7 Å². The third-order valence-electron chi connectivity index (χ3n) is 11.7. The molecule has 17 heteroatoms. The predicted octanol–water partition coefficient (Wildman–Crippen LogP) is 11.0. The van der Waals surface area contributed by atoms with E-state index in [4.69, 9.17) is 27.9 Å². The van der Waals surface area contributed by atoms with Crippen molar-refractivity contribution in [3.05, 3.63) is 182 Å². The number of hydrogen-bond donors (Lipinski definition) is 5. The minimum Gasteiger partial charge on any atom is -0.495 e. The number of benzene rings is 6. The fourth-order valence-electron chi connectivity index (χ4n) is 8.12. The van der Waals surface area contributed by atoms with E-state index >= 15 is 0 Å². The quantitative estimate of drug-likeness (QED) is 0.0754. The van der Waals surface area contributed by atoms with Gasteiger partial charge in [0, 0.05) is 31.4 Å². The zero-order chi connectivity index (χ0) is 50.6. The fraction of sp³-hybridized carbons (Fsp3) is 0.283. The molecule has 2 aliphatic rings. The molecule has 0 aromatic heterocycles. The second-order valence-corrected chi connectivity index (χ2v) is 21.7. The molecular weight excluding hydrogens is 968 g/mol. The Hall–Kier alpha value is -5.94. The Balaban J connectivity index is 0.000000223. The van der Waals surface area contributed by atoms with Gasteiger partial charge in [0.05, 0.1) is 56.2 Å². The highest BCUT2D eigenvalue weighted by atomic mass is 35.5. The summed E-state index contributed by atoms with van der Waals surface area (Å²) in [6.45, 7) is 11.1. The van der Waals surface area contributed by atoms with E-state index in [0.717, 1.165) is 49.3 Å². The predicted molar refractivity (Wildman–Crippen MR) is 280 cm³/mol. The number of anilines is 2. The number of halogens is 2. The number of amides is 4. The van der Waals surface area contributed by atoms with Crippen LogP contribution in [0.15, 0.2) is 137 Å². The number of nitrogens with one attached hydrogen (secondary N) is 5. The summed E-state index contributed by atoms with van der Waals surface area (Å²) < 4.78 is 57.4. The minimum absolute atomic E-state index is 0.0498. The van der Waals surface area contributed by atoms with Crippen LogP contribution in [0, 0.1) is 0 Å². The molecule has 0 aliphatic carbocycles. The van der Waals surface area contributed by atoms with Gasteiger partial charge in [-0.25, -0.2) is 26.4 Å². The van der Waals surface area contributed by atoms with Gasteiger partial charge in [-0.1, -0.05) is 116 Å². The van der Waals surface area contributed by atoms with Gasteiger partial charge in [-0.15, -0.1) is 0 Å². The second kappa shape index (κ2) is 24.3. The van der Waals surface area contributed by atoms with Crippen LogP contribution in [0.2, 0.25) is 10.0 Å². The van der Waals surface area contributed by atoms with Crippen LogP contribution in [-0.2, 0) is 57.2 Å². The lowest BCUT2D eigenvalue weighted by Crippen LogP contribution is -2.31. The molecule has 70 heavy (non-hydrogen) atoms. The maximum absolute atomic E-state index is 13.1. The molecule has 0 radical (unpaired) electrons. The molecule has 2 aliphatic heterocycles. The van der Waals surface area contributed by atoms with Crippen LogP contribution in [0.3, 0.4) is 0 Å². The standard InChI is InChI=1S/C26H27Cl2N3O4S.C25H27N3O3S.C2H6/c1-16(21-4-3-5-22(27)25(21)28)30-26(32)31-23-9-8-20(13-24(23)35-2)36(33,34)15-17-6-7-19-14-29-11-10-18(19)12-17;1-18(20-6-4-3-5-7-20)26-25(29)27-23-10-12-24(13-11-23)32(30,31)17-19-8-9-21-15-28(2)16-22(21)14-19;1-2/h3-9,12-13,16,29H,10-11,14-15H2,1-2H3,(H2,30,31,32);3-14,18H,15-17H2,1-2H3,(H2,26,27,29);1-2H3. The Bertz CT molecular complexity index is 3010. The lowest BCUT2D eigenvalue weighted by atomic mass is 9.99. The van der Waals surface area contributed by atoms with Gasteiger partial charge < -0.3 is 31.3 Å². The van der Waals surface area contributed by atoms with Crippen molar-refractivity contribution >= 4 is 66.3 Å². The molecule has 0 spiro atoms. The van der Waals surface area contributed by atoms with Crippen molar-refractivity contribution in [1.29, 1.82) is 0 Å². The van der Waals surface area contributed by atoms with Crippen LogP contribution in [-0.4, -0.2) is 54.5 Å². The molecule has 6 aromatic rings. The van der Waals surface area contributed by atoms with Gasteiger partial charge in [0.2, 0.25) is 0 Å². The Labute approximate surface area is 422 Å². The SMILES string of the molecule is CC.CC(NC(=O)Nc1ccc(S(=O)(=O)Cc2ccc3c(c2)CN(C)C3)cc1)c1ccccc1.COc1cc(S(=O)(=O)Cc2ccc3c(c2)CCNC3)ccc1NC(=O)NC(C)c1cccc(Cl)c1Cl. The number of sulfone groups is 2. The molecule has 0 saturated carbocycles. The lowest BCUT2D eigenvalue weighted by molar-refractivity contribution is 0.248. The average Bonchev–Trinajstić information content (AvgIpc) is 3.72. The number of carbonyl (C=O) groups excluding carboxylic acids is 2. The maximum atomic E-state index is 13.1. The van der Waals surface area contributed by atoms with Crippen LogP contribution in [0.5, 0.6) is 5.75 Å². The second-order valence-electron chi connectivity index (χ2n) is 16.9. The van der Waals surface area contributed by atoms with E-state index in [1.807, 2.05) is 87.5 Å². The van der Waals surface area contributed by atoms with Crippen molar-refractivity contribution < 1.29 is 31.2 Å². The zero-order valence-electron chi connectivity index (χ0n) is 40.1. The molecule has 0 bridgehead atoms. The largest absolute Gasteiger partial charge is 0.495 e. The molecule has 8 rings (SSSR count).